The number of hydrogen-bond acceptors (Lipinski definition) is 4. The molecule has 0 aliphatic carbocycles. The molecule has 0 atom stereocenters. The molecule has 0 unspecified atom stereocenters. The molecular formula is C11H8BrN5. The monoisotopic (exact) mass is 289 g/mol. The number of hydrogen-bond donors (Lipinski definition) is 1. The van der Waals surface area contributed by atoms with E-state index in [2.05, 4.69) is 31.1 Å². The van der Waals surface area contributed by atoms with Crippen molar-refractivity contribution in [1.29, 1.82) is 0 Å². The molecule has 17 heavy (non-hydrogen) atoms. The first-order valence-electron chi connectivity index (χ1n) is 4.97. The van der Waals surface area contributed by atoms with Crippen LogP contribution in [0.5, 0.6) is 0 Å². The zero-order valence-electron chi connectivity index (χ0n) is 8.71. The van der Waals surface area contributed by atoms with Gasteiger partial charge in [0.15, 0.2) is 11.5 Å². The van der Waals surface area contributed by atoms with E-state index < -0.39 is 0 Å². The van der Waals surface area contributed by atoms with Gasteiger partial charge in [0, 0.05) is 10.7 Å². The SMILES string of the molecule is Nc1cccc(-c2nnc3ccc(Br)cn23)n1. The van der Waals surface area contributed by atoms with Gasteiger partial charge >= 0.3 is 0 Å². The van der Waals surface area contributed by atoms with E-state index in [1.807, 2.05) is 34.9 Å². The Morgan fingerprint density at radius 1 is 1.12 bits per heavy atom. The van der Waals surface area contributed by atoms with Gasteiger partial charge in [-0.3, -0.25) is 4.40 Å². The minimum atomic E-state index is 0.467. The number of fused-ring (bicyclic) bond motifs is 1. The highest BCUT2D eigenvalue weighted by Gasteiger charge is 2.09. The normalized spacial score (nSPS) is 10.9. The Hall–Kier alpha value is -1.95. The predicted octanol–water partition coefficient (Wildman–Crippen LogP) is 2.14. The van der Waals surface area contributed by atoms with Crippen LogP contribution in [0.1, 0.15) is 0 Å². The first-order chi connectivity index (χ1) is 8.24. The Balaban J connectivity index is 2.27. The maximum absolute atomic E-state index is 5.66. The van der Waals surface area contributed by atoms with E-state index in [0.29, 0.717) is 17.3 Å². The van der Waals surface area contributed by atoms with E-state index in [0.717, 1.165) is 10.1 Å². The van der Waals surface area contributed by atoms with E-state index in [1.165, 1.54) is 0 Å². The summed E-state index contributed by atoms with van der Waals surface area (Å²) in [6.07, 6.45) is 1.90. The van der Waals surface area contributed by atoms with Crippen molar-refractivity contribution >= 4 is 27.4 Å². The number of rotatable bonds is 1. The highest BCUT2D eigenvalue weighted by molar-refractivity contribution is 9.10. The summed E-state index contributed by atoms with van der Waals surface area (Å²) in [6.45, 7) is 0. The van der Waals surface area contributed by atoms with Gasteiger partial charge in [-0.1, -0.05) is 6.07 Å². The lowest BCUT2D eigenvalue weighted by molar-refractivity contribution is 1.09. The summed E-state index contributed by atoms with van der Waals surface area (Å²) in [5.74, 6) is 1.14. The van der Waals surface area contributed by atoms with Crippen LogP contribution < -0.4 is 5.73 Å². The van der Waals surface area contributed by atoms with Crippen molar-refractivity contribution in [3.8, 4) is 11.5 Å². The third kappa shape index (κ3) is 1.76. The van der Waals surface area contributed by atoms with Gasteiger partial charge < -0.3 is 5.73 Å². The topological polar surface area (TPSA) is 69.1 Å². The summed E-state index contributed by atoms with van der Waals surface area (Å²) in [5, 5.41) is 8.20. The molecule has 0 saturated heterocycles. The summed E-state index contributed by atoms with van der Waals surface area (Å²) in [7, 11) is 0. The lowest BCUT2D eigenvalue weighted by Crippen LogP contribution is -1.95. The van der Waals surface area contributed by atoms with Gasteiger partial charge in [-0.05, 0) is 40.2 Å². The molecule has 0 amide bonds. The fourth-order valence-corrected chi connectivity index (χ4v) is 1.95. The van der Waals surface area contributed by atoms with E-state index in [1.54, 1.807) is 6.07 Å². The van der Waals surface area contributed by atoms with Crippen LogP contribution in [0.2, 0.25) is 0 Å². The molecule has 0 saturated carbocycles. The van der Waals surface area contributed by atoms with Crippen molar-refractivity contribution in [2.24, 2.45) is 0 Å². The number of pyridine rings is 2. The lowest BCUT2D eigenvalue weighted by atomic mass is 10.3. The van der Waals surface area contributed by atoms with Crippen molar-refractivity contribution in [2.45, 2.75) is 0 Å². The average Bonchev–Trinajstić information content (AvgIpc) is 2.71. The molecule has 0 aliphatic heterocycles. The van der Waals surface area contributed by atoms with E-state index in [-0.39, 0.29) is 0 Å². The second-order valence-corrected chi connectivity index (χ2v) is 4.46. The minimum absolute atomic E-state index is 0.467. The highest BCUT2D eigenvalue weighted by atomic mass is 79.9. The molecule has 3 rings (SSSR count). The number of aromatic nitrogens is 4. The quantitative estimate of drug-likeness (QED) is 0.745. The van der Waals surface area contributed by atoms with Crippen molar-refractivity contribution in [2.75, 3.05) is 5.73 Å². The number of nitrogen functional groups attached to an aromatic ring is 1. The Labute approximate surface area is 105 Å². The highest BCUT2D eigenvalue weighted by Crippen LogP contribution is 2.19. The molecule has 0 fully saturated rings. The van der Waals surface area contributed by atoms with E-state index in [9.17, 15) is 0 Å². The second kappa shape index (κ2) is 3.81. The fraction of sp³-hybridized carbons (Fsp3) is 0. The van der Waals surface area contributed by atoms with Gasteiger partial charge in [0.25, 0.3) is 0 Å². The summed E-state index contributed by atoms with van der Waals surface area (Å²) < 4.78 is 2.82. The van der Waals surface area contributed by atoms with Crippen LogP contribution in [0.25, 0.3) is 17.2 Å². The molecule has 84 valence electrons. The van der Waals surface area contributed by atoms with Crippen molar-refractivity contribution in [3.63, 3.8) is 0 Å². The maximum Gasteiger partial charge on any atom is 0.187 e. The third-order valence-electron chi connectivity index (χ3n) is 2.37. The van der Waals surface area contributed by atoms with Crippen molar-refractivity contribution < 1.29 is 0 Å². The number of anilines is 1. The standard InChI is InChI=1S/C11H8BrN5/c12-7-4-5-10-15-16-11(17(10)6-7)8-2-1-3-9(13)14-8/h1-6H,(H2,13,14). The second-order valence-electron chi connectivity index (χ2n) is 3.55. The van der Waals surface area contributed by atoms with Crippen LogP contribution in [-0.2, 0) is 0 Å². The Bertz CT molecular complexity index is 691. The summed E-state index contributed by atoms with van der Waals surface area (Å²) in [4.78, 5) is 4.23. The molecule has 3 aromatic heterocycles. The van der Waals surface area contributed by atoms with Gasteiger partial charge in [-0.2, -0.15) is 0 Å². The summed E-state index contributed by atoms with van der Waals surface area (Å²) in [5.41, 5.74) is 7.14. The number of nitrogens with zero attached hydrogens (tertiary/aromatic N) is 4. The molecular weight excluding hydrogens is 282 g/mol. The van der Waals surface area contributed by atoms with Gasteiger partial charge in [-0.15, -0.1) is 10.2 Å². The predicted molar refractivity (Wildman–Crippen MR) is 68.3 cm³/mol. The zero-order chi connectivity index (χ0) is 11.8. The molecule has 0 spiro atoms. The van der Waals surface area contributed by atoms with Gasteiger partial charge in [0.05, 0.1) is 0 Å². The van der Waals surface area contributed by atoms with E-state index >= 15 is 0 Å². The Kier molecular flexibility index (Phi) is 2.29. The Morgan fingerprint density at radius 2 is 2.00 bits per heavy atom. The molecule has 3 aromatic rings. The van der Waals surface area contributed by atoms with Gasteiger partial charge in [0.2, 0.25) is 0 Å². The van der Waals surface area contributed by atoms with Crippen LogP contribution in [0.3, 0.4) is 0 Å². The van der Waals surface area contributed by atoms with Crippen LogP contribution in [-0.4, -0.2) is 19.6 Å². The van der Waals surface area contributed by atoms with Crippen LogP contribution >= 0.6 is 15.9 Å². The molecule has 0 radical (unpaired) electrons. The molecule has 3 heterocycles. The van der Waals surface area contributed by atoms with Gasteiger partial charge in [0.1, 0.15) is 11.5 Å². The van der Waals surface area contributed by atoms with E-state index in [4.69, 9.17) is 5.73 Å². The lowest BCUT2D eigenvalue weighted by Gasteiger charge is -2.00. The van der Waals surface area contributed by atoms with Crippen LogP contribution in [0.15, 0.2) is 41.0 Å². The molecule has 0 bridgehead atoms. The number of nitrogens with two attached hydrogens (primary N) is 1. The summed E-state index contributed by atoms with van der Waals surface area (Å²) >= 11 is 3.42. The largest absolute Gasteiger partial charge is 0.384 e. The number of halogens is 1. The zero-order valence-corrected chi connectivity index (χ0v) is 10.3. The average molecular weight is 290 g/mol. The molecule has 5 nitrogen and oxygen atoms in total. The molecule has 6 heteroatoms. The smallest absolute Gasteiger partial charge is 0.187 e. The van der Waals surface area contributed by atoms with Crippen LogP contribution in [0, 0.1) is 0 Å². The van der Waals surface area contributed by atoms with Gasteiger partial charge in [-0.25, -0.2) is 4.98 Å². The Morgan fingerprint density at radius 3 is 2.82 bits per heavy atom. The molecule has 0 aliphatic rings. The fourth-order valence-electron chi connectivity index (χ4n) is 1.62. The van der Waals surface area contributed by atoms with Crippen LogP contribution in [0.4, 0.5) is 5.82 Å². The molecule has 2 N–H and O–H groups in total. The maximum atomic E-state index is 5.66. The minimum Gasteiger partial charge on any atom is -0.384 e. The molecule has 0 aromatic carbocycles. The first kappa shape index (κ1) is 10.2. The van der Waals surface area contributed by atoms with Crippen molar-refractivity contribution in [1.82, 2.24) is 19.6 Å². The van der Waals surface area contributed by atoms with Crippen molar-refractivity contribution in [3.05, 3.63) is 41.0 Å². The first-order valence-corrected chi connectivity index (χ1v) is 5.76. The summed E-state index contributed by atoms with van der Waals surface area (Å²) in [6, 6.07) is 9.24. The third-order valence-corrected chi connectivity index (χ3v) is 2.84.